The van der Waals surface area contributed by atoms with Crippen molar-refractivity contribution in [1.82, 2.24) is 30.0 Å². The second kappa shape index (κ2) is 7.29. The highest BCUT2D eigenvalue weighted by atomic mass is 16.5. The topological polar surface area (TPSA) is 97.9 Å². The van der Waals surface area contributed by atoms with Gasteiger partial charge < -0.3 is 9.42 Å². The van der Waals surface area contributed by atoms with Crippen LogP contribution in [-0.4, -0.2) is 42.4 Å². The van der Waals surface area contributed by atoms with E-state index >= 15 is 0 Å². The number of hydrogen-bond donors (Lipinski definition) is 0. The molecule has 1 atom stereocenters. The quantitative estimate of drug-likeness (QED) is 0.517. The summed E-state index contributed by atoms with van der Waals surface area (Å²) in [6.45, 7) is 4.42. The molecule has 150 valence electrons. The number of likely N-dealkylation sites (tertiary alicyclic amines) is 1. The first-order valence-electron chi connectivity index (χ1n) is 9.89. The number of carbonyl (C=O) groups excluding carboxylic acids is 1. The Hall–Kier alpha value is -3.68. The fraction of sp³-hybridized carbons (Fsp3) is 0.273. The minimum absolute atomic E-state index is 0.0653. The van der Waals surface area contributed by atoms with Crippen LogP contribution in [0.25, 0.3) is 22.2 Å². The first-order valence-corrected chi connectivity index (χ1v) is 9.89. The molecule has 1 saturated heterocycles. The van der Waals surface area contributed by atoms with Gasteiger partial charge in [0.2, 0.25) is 5.89 Å². The molecule has 0 saturated carbocycles. The number of nitrogens with zero attached hydrogens (tertiary/aromatic N) is 6. The van der Waals surface area contributed by atoms with Crippen molar-refractivity contribution in [1.29, 1.82) is 0 Å². The zero-order valence-corrected chi connectivity index (χ0v) is 16.7. The van der Waals surface area contributed by atoms with Gasteiger partial charge in [0.1, 0.15) is 12.4 Å². The Labute approximate surface area is 173 Å². The number of aryl methyl sites for hydroxylation is 2. The van der Waals surface area contributed by atoms with Crippen molar-refractivity contribution in [2.75, 3.05) is 6.54 Å². The number of hydrogen-bond acceptors (Lipinski definition) is 7. The summed E-state index contributed by atoms with van der Waals surface area (Å²) in [6, 6.07) is 7.50. The maximum atomic E-state index is 13.7. The standard InChI is InChI=1S/C22H20N6O2/c1-13-5-3-6-16-17(9-18(26-20(13)16)15-10-23-12-24-11-15)22(29)28-8-4-7-19(28)21-25-14(2)27-30-21/h3,5-6,9-12,19H,4,7-8H2,1-2H3/t19-/m1/s1. The van der Waals surface area contributed by atoms with Gasteiger partial charge in [0.05, 0.1) is 16.8 Å². The van der Waals surface area contributed by atoms with Crippen LogP contribution < -0.4 is 0 Å². The number of benzene rings is 1. The van der Waals surface area contributed by atoms with Gasteiger partial charge in [-0.3, -0.25) is 4.79 Å². The van der Waals surface area contributed by atoms with Crippen LogP contribution in [0.5, 0.6) is 0 Å². The van der Waals surface area contributed by atoms with Crippen LogP contribution in [0, 0.1) is 13.8 Å². The fourth-order valence-electron chi connectivity index (χ4n) is 4.02. The number of para-hydroxylation sites is 1. The van der Waals surface area contributed by atoms with Gasteiger partial charge in [-0.25, -0.2) is 15.0 Å². The molecule has 0 spiro atoms. The van der Waals surface area contributed by atoms with E-state index in [4.69, 9.17) is 9.51 Å². The summed E-state index contributed by atoms with van der Waals surface area (Å²) in [5.41, 5.74) is 3.84. The molecule has 1 aromatic carbocycles. The molecule has 1 aliphatic rings. The Kier molecular flexibility index (Phi) is 4.46. The lowest BCUT2D eigenvalue weighted by Crippen LogP contribution is -2.31. The third-order valence-electron chi connectivity index (χ3n) is 5.47. The molecule has 8 heteroatoms. The molecule has 8 nitrogen and oxygen atoms in total. The number of aromatic nitrogens is 5. The molecule has 4 aromatic rings. The maximum absolute atomic E-state index is 13.7. The van der Waals surface area contributed by atoms with Gasteiger partial charge in [0, 0.05) is 29.9 Å². The van der Waals surface area contributed by atoms with Gasteiger partial charge in [-0.15, -0.1) is 0 Å². The van der Waals surface area contributed by atoms with Crippen molar-refractivity contribution in [3.8, 4) is 11.3 Å². The van der Waals surface area contributed by atoms with Crippen molar-refractivity contribution in [3.05, 3.63) is 65.8 Å². The SMILES string of the molecule is Cc1noc([C@H]2CCCN2C(=O)c2cc(-c3cncnc3)nc3c(C)cccc23)n1. The van der Waals surface area contributed by atoms with E-state index in [0.717, 1.165) is 34.9 Å². The average molecular weight is 400 g/mol. The first kappa shape index (κ1) is 18.4. The molecule has 0 aliphatic carbocycles. The van der Waals surface area contributed by atoms with Gasteiger partial charge in [-0.1, -0.05) is 23.4 Å². The van der Waals surface area contributed by atoms with E-state index in [1.165, 1.54) is 6.33 Å². The summed E-state index contributed by atoms with van der Waals surface area (Å²) < 4.78 is 5.38. The third kappa shape index (κ3) is 3.10. The Balaban J connectivity index is 1.64. The van der Waals surface area contributed by atoms with E-state index in [-0.39, 0.29) is 11.9 Å². The van der Waals surface area contributed by atoms with Crippen molar-refractivity contribution in [2.24, 2.45) is 0 Å². The minimum Gasteiger partial charge on any atom is -0.337 e. The monoisotopic (exact) mass is 400 g/mol. The molecule has 1 aliphatic heterocycles. The van der Waals surface area contributed by atoms with Gasteiger partial charge >= 0.3 is 0 Å². The van der Waals surface area contributed by atoms with Crippen LogP contribution in [-0.2, 0) is 0 Å². The highest BCUT2D eigenvalue weighted by molar-refractivity contribution is 6.08. The van der Waals surface area contributed by atoms with Gasteiger partial charge in [-0.05, 0) is 38.3 Å². The lowest BCUT2D eigenvalue weighted by atomic mass is 10.0. The second-order valence-corrected chi connectivity index (χ2v) is 7.49. The number of fused-ring (bicyclic) bond motifs is 1. The Bertz CT molecular complexity index is 1240. The van der Waals surface area contributed by atoms with E-state index < -0.39 is 0 Å². The lowest BCUT2D eigenvalue weighted by Gasteiger charge is -2.23. The first-order chi connectivity index (χ1) is 14.6. The minimum atomic E-state index is -0.213. The number of rotatable bonds is 3. The predicted octanol–water partition coefficient (Wildman–Crippen LogP) is 3.67. The third-order valence-corrected chi connectivity index (χ3v) is 5.47. The molecule has 0 N–H and O–H groups in total. The molecule has 30 heavy (non-hydrogen) atoms. The molecule has 4 heterocycles. The van der Waals surface area contributed by atoms with Gasteiger partial charge in [-0.2, -0.15) is 4.98 Å². The van der Waals surface area contributed by atoms with Crippen molar-refractivity contribution >= 4 is 16.8 Å². The Morgan fingerprint density at radius 3 is 2.77 bits per heavy atom. The van der Waals surface area contributed by atoms with Crippen LogP contribution in [0.1, 0.15) is 46.5 Å². The van der Waals surface area contributed by atoms with E-state index in [2.05, 4.69) is 20.1 Å². The molecule has 0 bridgehead atoms. The fourth-order valence-corrected chi connectivity index (χ4v) is 4.02. The molecule has 0 unspecified atom stereocenters. The zero-order valence-electron chi connectivity index (χ0n) is 16.7. The van der Waals surface area contributed by atoms with E-state index in [1.54, 1.807) is 19.3 Å². The molecule has 3 aromatic heterocycles. The molecule has 1 fully saturated rings. The maximum Gasteiger partial charge on any atom is 0.255 e. The zero-order chi connectivity index (χ0) is 20.7. The van der Waals surface area contributed by atoms with Crippen LogP contribution in [0.3, 0.4) is 0 Å². The molecule has 1 amide bonds. The van der Waals surface area contributed by atoms with Crippen molar-refractivity contribution < 1.29 is 9.32 Å². The lowest BCUT2D eigenvalue weighted by molar-refractivity contribution is 0.0712. The van der Waals surface area contributed by atoms with Crippen molar-refractivity contribution in [2.45, 2.75) is 32.7 Å². The molecular weight excluding hydrogens is 380 g/mol. The normalized spacial score (nSPS) is 16.3. The van der Waals surface area contributed by atoms with Crippen molar-refractivity contribution in [3.63, 3.8) is 0 Å². The largest absolute Gasteiger partial charge is 0.337 e. The number of amides is 1. The highest BCUT2D eigenvalue weighted by Crippen LogP contribution is 2.34. The highest BCUT2D eigenvalue weighted by Gasteiger charge is 2.35. The van der Waals surface area contributed by atoms with Gasteiger partial charge in [0.25, 0.3) is 5.91 Å². The Morgan fingerprint density at radius 1 is 1.17 bits per heavy atom. The smallest absolute Gasteiger partial charge is 0.255 e. The van der Waals surface area contributed by atoms with Crippen LogP contribution >= 0.6 is 0 Å². The molecule has 5 rings (SSSR count). The summed E-state index contributed by atoms with van der Waals surface area (Å²) in [6.07, 6.45) is 6.57. The molecular formula is C22H20N6O2. The summed E-state index contributed by atoms with van der Waals surface area (Å²) in [7, 11) is 0. The van der Waals surface area contributed by atoms with Crippen LogP contribution in [0.4, 0.5) is 0 Å². The van der Waals surface area contributed by atoms with Crippen LogP contribution in [0.15, 0.2) is 47.5 Å². The van der Waals surface area contributed by atoms with Crippen LogP contribution in [0.2, 0.25) is 0 Å². The summed E-state index contributed by atoms with van der Waals surface area (Å²) >= 11 is 0. The predicted molar refractivity (Wildman–Crippen MR) is 110 cm³/mol. The van der Waals surface area contributed by atoms with E-state index in [1.807, 2.05) is 36.1 Å². The second-order valence-electron chi connectivity index (χ2n) is 7.49. The number of carbonyl (C=O) groups is 1. The Morgan fingerprint density at radius 2 is 2.00 bits per heavy atom. The average Bonchev–Trinajstić information content (AvgIpc) is 3.42. The number of pyridine rings is 1. The molecule has 0 radical (unpaired) electrons. The van der Waals surface area contributed by atoms with E-state index in [0.29, 0.717) is 29.5 Å². The summed E-state index contributed by atoms with van der Waals surface area (Å²) in [4.78, 5) is 32.9. The van der Waals surface area contributed by atoms with Gasteiger partial charge in [0.15, 0.2) is 5.82 Å². The summed E-state index contributed by atoms with van der Waals surface area (Å²) in [5.74, 6) is 0.995. The summed E-state index contributed by atoms with van der Waals surface area (Å²) in [5, 5.41) is 4.72. The van der Waals surface area contributed by atoms with E-state index in [9.17, 15) is 4.79 Å².